The van der Waals surface area contributed by atoms with Crippen LogP contribution in [0.25, 0.3) is 0 Å². The summed E-state index contributed by atoms with van der Waals surface area (Å²) in [5.41, 5.74) is 0. The molecule has 148 valence electrons. The van der Waals surface area contributed by atoms with E-state index < -0.39 is 0 Å². The van der Waals surface area contributed by atoms with Gasteiger partial charge in [-0.15, -0.1) is 0 Å². The van der Waals surface area contributed by atoms with E-state index in [0.29, 0.717) is 12.0 Å². The van der Waals surface area contributed by atoms with E-state index in [9.17, 15) is 0 Å². The summed E-state index contributed by atoms with van der Waals surface area (Å²) < 4.78 is 11.9. The van der Waals surface area contributed by atoms with Gasteiger partial charge in [-0.1, -0.05) is 44.3 Å². The van der Waals surface area contributed by atoms with E-state index in [1.807, 2.05) is 0 Å². The smallest absolute Gasteiger partial charge is 0.0812 e. The lowest BCUT2D eigenvalue weighted by atomic mass is 9.66. The van der Waals surface area contributed by atoms with Crippen LogP contribution in [0.5, 0.6) is 0 Å². The zero-order chi connectivity index (χ0) is 17.8. The second kappa shape index (κ2) is 9.34. The minimum absolute atomic E-state index is 0.489. The number of morpholine rings is 1. The molecule has 0 amide bonds. The van der Waals surface area contributed by atoms with E-state index in [-0.39, 0.29) is 0 Å². The normalized spacial score (nSPS) is 38.6. The molecule has 0 N–H and O–H groups in total. The molecule has 0 radical (unpaired) electrons. The summed E-state index contributed by atoms with van der Waals surface area (Å²) in [4.78, 5) is 3.58. The molecule has 3 saturated carbocycles. The predicted octanol–water partition coefficient (Wildman–Crippen LogP) is 4.83. The minimum Gasteiger partial charge on any atom is -0.378 e. The van der Waals surface area contributed by atoms with Crippen molar-refractivity contribution in [2.24, 2.45) is 23.7 Å². The lowest BCUT2D eigenvalue weighted by Gasteiger charge is -2.42. The van der Waals surface area contributed by atoms with Crippen molar-refractivity contribution < 1.29 is 9.47 Å². The van der Waals surface area contributed by atoms with Gasteiger partial charge in [0, 0.05) is 19.0 Å². The lowest BCUT2D eigenvalue weighted by Crippen LogP contribution is -2.44. The van der Waals surface area contributed by atoms with E-state index in [0.717, 1.165) is 50.7 Å². The van der Waals surface area contributed by atoms with Crippen molar-refractivity contribution >= 4 is 17.2 Å². The molecule has 0 bridgehead atoms. The molecule has 26 heavy (non-hydrogen) atoms. The molecule has 3 aliphatic carbocycles. The molecule has 4 rings (SSSR count). The molecule has 4 heteroatoms. The van der Waals surface area contributed by atoms with Gasteiger partial charge in [-0.25, -0.2) is 0 Å². The van der Waals surface area contributed by atoms with Crippen LogP contribution in [0.3, 0.4) is 0 Å². The average molecular weight is 380 g/mol. The molecule has 0 aromatic rings. The maximum absolute atomic E-state index is 6.47. The Bertz CT molecular complexity index is 455. The second-order valence-corrected chi connectivity index (χ2v) is 9.56. The Morgan fingerprint density at radius 2 is 1.62 bits per heavy atom. The summed E-state index contributed by atoms with van der Waals surface area (Å²) in [6.45, 7) is 4.67. The zero-order valence-corrected chi connectivity index (χ0v) is 17.2. The van der Waals surface area contributed by atoms with Crippen LogP contribution < -0.4 is 0 Å². The molecule has 3 atom stereocenters. The predicted molar refractivity (Wildman–Crippen MR) is 109 cm³/mol. The van der Waals surface area contributed by atoms with Gasteiger partial charge in [0.05, 0.1) is 30.9 Å². The molecule has 1 aliphatic heterocycles. The average Bonchev–Trinajstić information content (AvgIpc) is 2.73. The summed E-state index contributed by atoms with van der Waals surface area (Å²) >= 11 is 5.79. The highest BCUT2D eigenvalue weighted by Gasteiger charge is 2.35. The summed E-state index contributed by atoms with van der Waals surface area (Å²) in [5.74, 6) is 3.44. The van der Waals surface area contributed by atoms with Gasteiger partial charge >= 0.3 is 0 Å². The molecule has 3 unspecified atom stereocenters. The largest absolute Gasteiger partial charge is 0.378 e. The van der Waals surface area contributed by atoms with Crippen molar-refractivity contribution in [1.82, 2.24) is 4.90 Å². The summed E-state index contributed by atoms with van der Waals surface area (Å²) in [6, 6.07) is 0. The molecule has 4 aliphatic rings. The summed E-state index contributed by atoms with van der Waals surface area (Å²) in [5, 5.41) is 0. The number of thiocarbonyl (C=S) groups is 1. The van der Waals surface area contributed by atoms with Crippen LogP contribution in [0.4, 0.5) is 0 Å². The van der Waals surface area contributed by atoms with Crippen molar-refractivity contribution in [2.75, 3.05) is 32.9 Å². The first-order valence-corrected chi connectivity index (χ1v) is 11.7. The Morgan fingerprint density at radius 1 is 0.885 bits per heavy atom. The monoisotopic (exact) mass is 379 g/mol. The van der Waals surface area contributed by atoms with E-state index in [4.69, 9.17) is 21.7 Å². The fourth-order valence-electron chi connectivity index (χ4n) is 6.06. The van der Waals surface area contributed by atoms with E-state index in [1.165, 1.54) is 75.6 Å². The zero-order valence-electron chi connectivity index (χ0n) is 16.4. The van der Waals surface area contributed by atoms with Crippen molar-refractivity contribution in [3.63, 3.8) is 0 Å². The highest BCUT2D eigenvalue weighted by atomic mass is 32.1. The molecule has 4 fully saturated rings. The lowest BCUT2D eigenvalue weighted by molar-refractivity contribution is -0.0324. The molecule has 1 heterocycles. The first-order chi connectivity index (χ1) is 12.8. The van der Waals surface area contributed by atoms with Crippen LogP contribution in [-0.2, 0) is 9.47 Å². The maximum Gasteiger partial charge on any atom is 0.0812 e. The van der Waals surface area contributed by atoms with Crippen LogP contribution >= 0.6 is 12.2 Å². The SMILES string of the molecule is S=C(C1CCC(OCC2CCCC3CCCCC32)CC1)N1CCOCC1. The number of rotatable bonds is 4. The number of hydrogen-bond donors (Lipinski definition) is 0. The van der Waals surface area contributed by atoms with Crippen LogP contribution in [0.2, 0.25) is 0 Å². The van der Waals surface area contributed by atoms with Gasteiger partial charge in [-0.05, 0) is 56.3 Å². The molecule has 1 saturated heterocycles. The van der Waals surface area contributed by atoms with E-state index >= 15 is 0 Å². The Balaban J connectivity index is 1.19. The highest BCUT2D eigenvalue weighted by molar-refractivity contribution is 7.80. The maximum atomic E-state index is 6.47. The molecular weight excluding hydrogens is 342 g/mol. The summed E-state index contributed by atoms with van der Waals surface area (Å²) in [7, 11) is 0. The Labute approximate surface area is 165 Å². The molecular formula is C22H37NO2S. The van der Waals surface area contributed by atoms with Crippen LogP contribution in [0, 0.1) is 23.7 Å². The third kappa shape index (κ3) is 4.62. The minimum atomic E-state index is 0.489. The van der Waals surface area contributed by atoms with Gasteiger partial charge in [0.15, 0.2) is 0 Å². The van der Waals surface area contributed by atoms with Crippen molar-refractivity contribution in [3.05, 3.63) is 0 Å². The Morgan fingerprint density at radius 3 is 2.42 bits per heavy atom. The fourth-order valence-corrected chi connectivity index (χ4v) is 6.47. The number of fused-ring (bicyclic) bond motifs is 1. The standard InChI is InChI=1S/C22H37NO2S/c26-22(23-12-14-24-15-13-23)18-8-10-20(11-9-18)25-16-19-6-3-5-17-4-1-2-7-21(17)19/h17-21H,1-16H2. The Kier molecular flexibility index (Phi) is 6.87. The van der Waals surface area contributed by atoms with Crippen LogP contribution in [0.1, 0.15) is 70.6 Å². The molecule has 0 aromatic carbocycles. The fraction of sp³-hybridized carbons (Fsp3) is 0.955. The van der Waals surface area contributed by atoms with Gasteiger partial charge in [0.25, 0.3) is 0 Å². The van der Waals surface area contributed by atoms with E-state index in [2.05, 4.69) is 4.90 Å². The molecule has 3 nitrogen and oxygen atoms in total. The first kappa shape index (κ1) is 19.1. The topological polar surface area (TPSA) is 21.7 Å². The number of ether oxygens (including phenoxy) is 2. The van der Waals surface area contributed by atoms with Gasteiger partial charge in [-0.2, -0.15) is 0 Å². The van der Waals surface area contributed by atoms with Crippen LogP contribution in [-0.4, -0.2) is 48.9 Å². The summed E-state index contributed by atoms with van der Waals surface area (Å²) in [6.07, 6.45) is 15.6. The second-order valence-electron chi connectivity index (χ2n) is 9.14. The van der Waals surface area contributed by atoms with E-state index in [1.54, 1.807) is 0 Å². The number of hydrogen-bond acceptors (Lipinski definition) is 3. The van der Waals surface area contributed by atoms with Crippen molar-refractivity contribution in [1.29, 1.82) is 0 Å². The van der Waals surface area contributed by atoms with Crippen molar-refractivity contribution in [3.8, 4) is 0 Å². The molecule has 0 spiro atoms. The third-order valence-electron chi connectivity index (χ3n) is 7.62. The number of nitrogens with zero attached hydrogens (tertiary/aromatic N) is 1. The molecule has 0 aromatic heterocycles. The highest BCUT2D eigenvalue weighted by Crippen LogP contribution is 2.44. The quantitative estimate of drug-likeness (QED) is 0.652. The Hall–Kier alpha value is -0.190. The van der Waals surface area contributed by atoms with Gasteiger partial charge < -0.3 is 14.4 Å². The van der Waals surface area contributed by atoms with Gasteiger partial charge in [-0.3, -0.25) is 0 Å². The van der Waals surface area contributed by atoms with Gasteiger partial charge in [0.1, 0.15) is 0 Å². The third-order valence-corrected chi connectivity index (χ3v) is 8.21. The first-order valence-electron chi connectivity index (χ1n) is 11.3. The van der Waals surface area contributed by atoms with Crippen molar-refractivity contribution in [2.45, 2.75) is 76.7 Å². The van der Waals surface area contributed by atoms with Gasteiger partial charge in [0.2, 0.25) is 0 Å². The van der Waals surface area contributed by atoms with Crippen LogP contribution in [0.15, 0.2) is 0 Å².